The van der Waals surface area contributed by atoms with Gasteiger partial charge in [0, 0.05) is 19.6 Å². The normalized spacial score (nSPS) is 30.7. The highest BCUT2D eigenvalue weighted by molar-refractivity contribution is 5.75. The molecule has 2 N–H and O–H groups in total. The van der Waals surface area contributed by atoms with Crippen LogP contribution in [0.5, 0.6) is 0 Å². The Morgan fingerprint density at radius 2 is 1.80 bits per heavy atom. The van der Waals surface area contributed by atoms with Gasteiger partial charge < -0.3 is 15.3 Å². The fourth-order valence-corrected chi connectivity index (χ4v) is 4.19. The molecule has 5 heteroatoms. The van der Waals surface area contributed by atoms with Gasteiger partial charge in [0.05, 0.1) is 6.42 Å². The fourth-order valence-electron chi connectivity index (χ4n) is 4.19. The minimum absolute atomic E-state index is 0.0102. The van der Waals surface area contributed by atoms with Crippen LogP contribution in [-0.4, -0.2) is 41.6 Å². The van der Waals surface area contributed by atoms with Crippen LogP contribution in [0.25, 0.3) is 0 Å². The van der Waals surface area contributed by atoms with Gasteiger partial charge in [0.25, 0.3) is 0 Å². The SMILES string of the molecule is O=C(O)CC1(CNC(=O)N2CC3CCCC3C2)CCC1. The molecular weight excluding hydrogens is 256 g/mol. The zero-order chi connectivity index (χ0) is 14.2. The van der Waals surface area contributed by atoms with Gasteiger partial charge in [-0.3, -0.25) is 4.79 Å². The molecule has 3 fully saturated rings. The minimum atomic E-state index is -0.755. The van der Waals surface area contributed by atoms with E-state index in [2.05, 4.69) is 5.32 Å². The van der Waals surface area contributed by atoms with E-state index in [0.717, 1.165) is 32.4 Å². The van der Waals surface area contributed by atoms with Crippen molar-refractivity contribution in [3.05, 3.63) is 0 Å². The number of carbonyl (C=O) groups is 2. The number of rotatable bonds is 4. The van der Waals surface area contributed by atoms with Crippen molar-refractivity contribution in [2.45, 2.75) is 44.9 Å². The summed E-state index contributed by atoms with van der Waals surface area (Å²) in [6, 6.07) is 0.0102. The molecule has 3 aliphatic rings. The molecule has 0 spiro atoms. The van der Waals surface area contributed by atoms with Crippen LogP contribution < -0.4 is 5.32 Å². The van der Waals surface area contributed by atoms with E-state index in [1.54, 1.807) is 0 Å². The standard InChI is InChI=1S/C15H24N2O3/c18-13(19)7-15(5-2-6-15)10-16-14(20)17-8-11-3-1-4-12(11)9-17/h11-12H,1-10H2,(H,16,20)(H,18,19). The zero-order valence-electron chi connectivity index (χ0n) is 11.9. The molecule has 20 heavy (non-hydrogen) atoms. The van der Waals surface area contributed by atoms with Gasteiger partial charge in [-0.15, -0.1) is 0 Å². The Kier molecular flexibility index (Phi) is 3.61. The number of carboxylic acids is 1. The minimum Gasteiger partial charge on any atom is -0.481 e. The molecule has 1 aliphatic heterocycles. The first-order valence-electron chi connectivity index (χ1n) is 7.83. The first-order valence-corrected chi connectivity index (χ1v) is 7.83. The van der Waals surface area contributed by atoms with Crippen molar-refractivity contribution >= 4 is 12.0 Å². The van der Waals surface area contributed by atoms with Crippen molar-refractivity contribution in [1.82, 2.24) is 10.2 Å². The van der Waals surface area contributed by atoms with Crippen LogP contribution in [0.15, 0.2) is 0 Å². The summed E-state index contributed by atoms with van der Waals surface area (Å²) in [5.74, 6) is 0.657. The highest BCUT2D eigenvalue weighted by Crippen LogP contribution is 2.43. The molecule has 5 nitrogen and oxygen atoms in total. The van der Waals surface area contributed by atoms with E-state index in [9.17, 15) is 9.59 Å². The maximum Gasteiger partial charge on any atom is 0.317 e. The summed E-state index contributed by atoms with van der Waals surface area (Å²) in [6.07, 6.45) is 6.94. The number of carboxylic acid groups (broad SMARTS) is 1. The Balaban J connectivity index is 1.48. The van der Waals surface area contributed by atoms with Crippen molar-refractivity contribution < 1.29 is 14.7 Å². The zero-order valence-corrected chi connectivity index (χ0v) is 11.9. The third-order valence-electron chi connectivity index (χ3n) is 5.57. The summed E-state index contributed by atoms with van der Waals surface area (Å²) in [4.78, 5) is 25.1. The van der Waals surface area contributed by atoms with Gasteiger partial charge in [-0.25, -0.2) is 4.79 Å². The first-order chi connectivity index (χ1) is 9.58. The molecule has 1 saturated heterocycles. The second kappa shape index (κ2) is 5.26. The largest absolute Gasteiger partial charge is 0.481 e. The lowest BCUT2D eigenvalue weighted by Crippen LogP contribution is -2.47. The number of fused-ring (bicyclic) bond motifs is 1. The number of hydrogen-bond acceptors (Lipinski definition) is 2. The third kappa shape index (κ3) is 2.63. The van der Waals surface area contributed by atoms with Crippen molar-refractivity contribution in [3.63, 3.8) is 0 Å². The molecule has 2 saturated carbocycles. The molecule has 2 unspecified atom stereocenters. The van der Waals surface area contributed by atoms with Crippen molar-refractivity contribution in [2.24, 2.45) is 17.3 Å². The number of hydrogen-bond donors (Lipinski definition) is 2. The number of nitrogens with one attached hydrogen (secondary N) is 1. The Labute approximate surface area is 119 Å². The average Bonchev–Trinajstić information content (AvgIpc) is 2.91. The lowest BCUT2D eigenvalue weighted by atomic mass is 9.66. The van der Waals surface area contributed by atoms with E-state index in [0.29, 0.717) is 18.4 Å². The van der Waals surface area contributed by atoms with E-state index in [-0.39, 0.29) is 17.9 Å². The van der Waals surface area contributed by atoms with Gasteiger partial charge >= 0.3 is 12.0 Å². The van der Waals surface area contributed by atoms with E-state index in [1.165, 1.54) is 19.3 Å². The molecule has 0 aromatic heterocycles. The van der Waals surface area contributed by atoms with Gasteiger partial charge in [-0.2, -0.15) is 0 Å². The summed E-state index contributed by atoms with van der Waals surface area (Å²) in [5.41, 5.74) is -0.183. The molecule has 2 aliphatic carbocycles. The highest BCUT2D eigenvalue weighted by atomic mass is 16.4. The molecule has 0 radical (unpaired) electrons. The summed E-state index contributed by atoms with van der Waals surface area (Å²) in [7, 11) is 0. The van der Waals surface area contributed by atoms with E-state index in [1.807, 2.05) is 4.90 Å². The quantitative estimate of drug-likeness (QED) is 0.828. The molecule has 0 bridgehead atoms. The van der Waals surface area contributed by atoms with Gasteiger partial charge in [-0.05, 0) is 42.9 Å². The van der Waals surface area contributed by atoms with Gasteiger partial charge in [0.15, 0.2) is 0 Å². The van der Waals surface area contributed by atoms with E-state index >= 15 is 0 Å². The maximum absolute atomic E-state index is 12.2. The van der Waals surface area contributed by atoms with Crippen molar-refractivity contribution in [1.29, 1.82) is 0 Å². The summed E-state index contributed by atoms with van der Waals surface area (Å²) < 4.78 is 0. The number of carbonyl (C=O) groups excluding carboxylic acids is 1. The highest BCUT2D eigenvalue weighted by Gasteiger charge is 2.41. The predicted molar refractivity (Wildman–Crippen MR) is 74.3 cm³/mol. The summed E-state index contributed by atoms with van der Waals surface area (Å²) in [6.45, 7) is 2.30. The molecule has 1 heterocycles. The van der Waals surface area contributed by atoms with Crippen LogP contribution in [0, 0.1) is 17.3 Å². The smallest absolute Gasteiger partial charge is 0.317 e. The lowest BCUT2D eigenvalue weighted by molar-refractivity contribution is -0.141. The average molecular weight is 280 g/mol. The lowest BCUT2D eigenvalue weighted by Gasteiger charge is -2.41. The number of likely N-dealkylation sites (tertiary alicyclic amines) is 1. The second-order valence-electron chi connectivity index (χ2n) is 6.94. The number of amides is 2. The number of urea groups is 1. The van der Waals surface area contributed by atoms with E-state index < -0.39 is 5.97 Å². The van der Waals surface area contributed by atoms with Crippen LogP contribution >= 0.6 is 0 Å². The molecule has 3 rings (SSSR count). The monoisotopic (exact) mass is 280 g/mol. The molecule has 0 aromatic carbocycles. The predicted octanol–water partition coefficient (Wildman–Crippen LogP) is 2.07. The van der Waals surface area contributed by atoms with Gasteiger partial charge in [0.1, 0.15) is 0 Å². The van der Waals surface area contributed by atoms with Crippen LogP contribution in [0.2, 0.25) is 0 Å². The van der Waals surface area contributed by atoms with Crippen LogP contribution in [0.4, 0.5) is 4.79 Å². The van der Waals surface area contributed by atoms with E-state index in [4.69, 9.17) is 5.11 Å². The summed E-state index contributed by atoms with van der Waals surface area (Å²) in [5, 5.41) is 12.0. The van der Waals surface area contributed by atoms with Crippen molar-refractivity contribution in [3.8, 4) is 0 Å². The Morgan fingerprint density at radius 3 is 2.30 bits per heavy atom. The van der Waals surface area contributed by atoms with Gasteiger partial charge in [0.2, 0.25) is 0 Å². The van der Waals surface area contributed by atoms with Gasteiger partial charge in [-0.1, -0.05) is 12.8 Å². The molecule has 0 aromatic rings. The molecule has 112 valence electrons. The molecular formula is C15H24N2O3. The van der Waals surface area contributed by atoms with Crippen LogP contribution in [0.1, 0.15) is 44.9 Å². The Hall–Kier alpha value is -1.26. The second-order valence-corrected chi connectivity index (χ2v) is 6.94. The molecule has 2 atom stereocenters. The Morgan fingerprint density at radius 1 is 1.15 bits per heavy atom. The molecule has 2 amide bonds. The van der Waals surface area contributed by atoms with Crippen molar-refractivity contribution in [2.75, 3.05) is 19.6 Å². The fraction of sp³-hybridized carbons (Fsp3) is 0.867. The number of nitrogens with zero attached hydrogens (tertiary/aromatic N) is 1. The number of aliphatic carboxylic acids is 1. The topological polar surface area (TPSA) is 69.6 Å². The third-order valence-corrected chi connectivity index (χ3v) is 5.57. The Bertz CT molecular complexity index is 394. The van der Waals surface area contributed by atoms with Crippen LogP contribution in [0.3, 0.4) is 0 Å². The first kappa shape index (κ1) is 13.7. The maximum atomic E-state index is 12.2. The summed E-state index contributed by atoms with van der Waals surface area (Å²) >= 11 is 0. The van der Waals surface area contributed by atoms with Crippen LogP contribution in [-0.2, 0) is 4.79 Å².